The Labute approximate surface area is 100 Å². The number of phosphoric acid groups is 1. The fourth-order valence-corrected chi connectivity index (χ4v) is 2.95. The monoisotopic (exact) mass is 267 g/mol. The average Bonchev–Trinajstić information content (AvgIpc) is 2.30. The second kappa shape index (κ2) is 6.56. The molecule has 0 radical (unpaired) electrons. The van der Waals surface area contributed by atoms with E-state index in [0.29, 0.717) is 13.2 Å². The Bertz CT molecular complexity index is 281. The van der Waals surface area contributed by atoms with Crippen LogP contribution in [-0.2, 0) is 22.9 Å². The SMILES string of the molecule is CCOP(=O)(OCC)OC1(N=O)CCOCC1. The van der Waals surface area contributed by atoms with Gasteiger partial charge in [-0.3, -0.25) is 13.6 Å². The van der Waals surface area contributed by atoms with E-state index in [1.807, 2.05) is 0 Å². The van der Waals surface area contributed by atoms with Crippen LogP contribution in [0.1, 0.15) is 26.7 Å². The topological polar surface area (TPSA) is 83.4 Å². The fraction of sp³-hybridized carbons (Fsp3) is 1.00. The summed E-state index contributed by atoms with van der Waals surface area (Å²) < 4.78 is 32.4. The summed E-state index contributed by atoms with van der Waals surface area (Å²) in [6.07, 6.45) is 0.501. The average molecular weight is 267 g/mol. The van der Waals surface area contributed by atoms with Crippen LogP contribution in [0.2, 0.25) is 0 Å². The Balaban J connectivity index is 2.75. The number of ether oxygens (including phenoxy) is 1. The largest absolute Gasteiger partial charge is 0.477 e. The van der Waals surface area contributed by atoms with E-state index in [1.54, 1.807) is 13.8 Å². The minimum atomic E-state index is -3.72. The Kier molecular flexibility index (Phi) is 5.69. The normalized spacial score (nSPS) is 20.1. The number of hydrogen-bond acceptors (Lipinski definition) is 7. The molecule has 8 heteroatoms. The lowest BCUT2D eigenvalue weighted by molar-refractivity contribution is -0.0621. The van der Waals surface area contributed by atoms with E-state index in [4.69, 9.17) is 18.3 Å². The molecule has 0 aromatic heterocycles. The first-order chi connectivity index (χ1) is 8.10. The van der Waals surface area contributed by atoms with Crippen molar-refractivity contribution in [3.05, 3.63) is 4.91 Å². The quantitative estimate of drug-likeness (QED) is 0.520. The lowest BCUT2D eigenvalue weighted by Crippen LogP contribution is -2.36. The number of nitroso groups, excluding NO2 is 1. The molecule has 1 fully saturated rings. The summed E-state index contributed by atoms with van der Waals surface area (Å²) in [5.41, 5.74) is -1.36. The van der Waals surface area contributed by atoms with Crippen LogP contribution in [0.4, 0.5) is 0 Å². The molecule has 1 saturated heterocycles. The summed E-state index contributed by atoms with van der Waals surface area (Å²) in [4.78, 5) is 10.9. The van der Waals surface area contributed by atoms with Gasteiger partial charge in [0.25, 0.3) is 0 Å². The Morgan fingerprint density at radius 3 is 2.18 bits per heavy atom. The van der Waals surface area contributed by atoms with E-state index >= 15 is 0 Å². The third-order valence-corrected chi connectivity index (χ3v) is 4.01. The van der Waals surface area contributed by atoms with Gasteiger partial charge in [0.05, 0.1) is 26.4 Å². The lowest BCUT2D eigenvalue weighted by Gasteiger charge is -2.32. The molecule has 0 aromatic rings. The van der Waals surface area contributed by atoms with Crippen molar-refractivity contribution in [2.24, 2.45) is 5.18 Å². The zero-order chi connectivity index (χ0) is 12.8. The second-order valence-corrected chi connectivity index (χ2v) is 5.12. The van der Waals surface area contributed by atoms with Crippen LogP contribution in [0, 0.1) is 4.91 Å². The molecular formula is C9H18NO6P. The van der Waals surface area contributed by atoms with Crippen molar-refractivity contribution in [3.8, 4) is 0 Å². The molecule has 0 aromatic carbocycles. The zero-order valence-corrected chi connectivity index (χ0v) is 11.0. The van der Waals surface area contributed by atoms with Crippen molar-refractivity contribution in [2.45, 2.75) is 32.4 Å². The third kappa shape index (κ3) is 4.12. The highest BCUT2D eigenvalue weighted by Gasteiger charge is 2.44. The van der Waals surface area contributed by atoms with Gasteiger partial charge in [-0.25, -0.2) is 4.57 Å². The van der Waals surface area contributed by atoms with Crippen molar-refractivity contribution in [2.75, 3.05) is 26.4 Å². The highest BCUT2D eigenvalue weighted by molar-refractivity contribution is 7.48. The number of hydrogen-bond donors (Lipinski definition) is 0. The predicted molar refractivity (Wildman–Crippen MR) is 60.5 cm³/mol. The van der Waals surface area contributed by atoms with Crippen LogP contribution in [0.5, 0.6) is 0 Å². The molecule has 1 aliphatic rings. The van der Waals surface area contributed by atoms with Crippen molar-refractivity contribution >= 4 is 7.82 Å². The molecule has 0 bridgehead atoms. The standard InChI is InChI=1S/C9H18NO6P/c1-3-14-17(12,15-4-2)16-9(10-11)5-7-13-8-6-9/h3-8H2,1-2H3. The molecule has 0 spiro atoms. The first-order valence-corrected chi connectivity index (χ1v) is 7.08. The number of phosphoric ester groups is 1. The van der Waals surface area contributed by atoms with E-state index in [-0.39, 0.29) is 26.1 Å². The van der Waals surface area contributed by atoms with Gasteiger partial charge in [-0.1, -0.05) is 0 Å². The molecule has 1 aliphatic heterocycles. The molecule has 0 aliphatic carbocycles. The lowest BCUT2D eigenvalue weighted by atomic mass is 10.1. The predicted octanol–water partition coefficient (Wildman–Crippen LogP) is 2.46. The van der Waals surface area contributed by atoms with E-state index < -0.39 is 13.5 Å². The maximum absolute atomic E-state index is 12.1. The highest BCUT2D eigenvalue weighted by atomic mass is 31.2. The van der Waals surface area contributed by atoms with Gasteiger partial charge in [-0.05, 0) is 19.0 Å². The van der Waals surface area contributed by atoms with Crippen LogP contribution >= 0.6 is 7.82 Å². The molecule has 0 unspecified atom stereocenters. The van der Waals surface area contributed by atoms with Gasteiger partial charge >= 0.3 is 7.82 Å². The summed E-state index contributed by atoms with van der Waals surface area (Å²) in [6.45, 7) is 4.35. The molecule has 0 saturated carbocycles. The zero-order valence-electron chi connectivity index (χ0n) is 10.1. The third-order valence-electron chi connectivity index (χ3n) is 2.30. The Morgan fingerprint density at radius 1 is 1.24 bits per heavy atom. The van der Waals surface area contributed by atoms with Crippen LogP contribution < -0.4 is 0 Å². The molecule has 0 atom stereocenters. The van der Waals surface area contributed by atoms with Crippen molar-refractivity contribution < 1.29 is 22.9 Å². The second-order valence-electron chi connectivity index (χ2n) is 3.52. The summed E-state index contributed by atoms with van der Waals surface area (Å²) in [7, 11) is -3.72. The van der Waals surface area contributed by atoms with E-state index in [9.17, 15) is 9.47 Å². The number of nitrogens with zero attached hydrogens (tertiary/aromatic N) is 1. The maximum atomic E-state index is 12.1. The summed E-state index contributed by atoms with van der Waals surface area (Å²) in [5, 5.41) is 2.94. The maximum Gasteiger partial charge on any atom is 0.477 e. The first-order valence-electron chi connectivity index (χ1n) is 5.62. The summed E-state index contributed by atoms with van der Waals surface area (Å²) >= 11 is 0. The number of rotatable bonds is 7. The Hall–Kier alpha value is -0.330. The van der Waals surface area contributed by atoms with Gasteiger partial charge in [0.2, 0.25) is 5.72 Å². The molecule has 0 amide bonds. The molecular weight excluding hydrogens is 249 g/mol. The highest BCUT2D eigenvalue weighted by Crippen LogP contribution is 2.54. The molecule has 1 heterocycles. The van der Waals surface area contributed by atoms with Gasteiger partial charge < -0.3 is 4.74 Å². The van der Waals surface area contributed by atoms with E-state index in [0.717, 1.165) is 0 Å². The molecule has 1 rings (SSSR count). The first kappa shape index (κ1) is 14.7. The van der Waals surface area contributed by atoms with Crippen molar-refractivity contribution in [1.82, 2.24) is 0 Å². The molecule has 17 heavy (non-hydrogen) atoms. The van der Waals surface area contributed by atoms with Gasteiger partial charge in [0.15, 0.2) is 0 Å². The molecule has 100 valence electrons. The smallest absolute Gasteiger partial charge is 0.381 e. The van der Waals surface area contributed by atoms with Crippen molar-refractivity contribution in [3.63, 3.8) is 0 Å². The fourth-order valence-electron chi connectivity index (χ4n) is 1.50. The van der Waals surface area contributed by atoms with Crippen LogP contribution in [0.15, 0.2) is 5.18 Å². The summed E-state index contributed by atoms with van der Waals surface area (Å²) in [6, 6.07) is 0. The van der Waals surface area contributed by atoms with Crippen LogP contribution in [0.25, 0.3) is 0 Å². The van der Waals surface area contributed by atoms with Gasteiger partial charge in [0, 0.05) is 12.8 Å². The van der Waals surface area contributed by atoms with Gasteiger partial charge in [-0.2, -0.15) is 0 Å². The Morgan fingerprint density at radius 2 is 1.76 bits per heavy atom. The van der Waals surface area contributed by atoms with Crippen LogP contribution in [0.3, 0.4) is 0 Å². The molecule has 7 nitrogen and oxygen atoms in total. The minimum absolute atomic E-state index is 0.169. The van der Waals surface area contributed by atoms with Gasteiger partial charge in [-0.15, -0.1) is 4.91 Å². The van der Waals surface area contributed by atoms with Crippen molar-refractivity contribution in [1.29, 1.82) is 0 Å². The molecule has 0 N–H and O–H groups in total. The van der Waals surface area contributed by atoms with E-state index in [1.165, 1.54) is 0 Å². The van der Waals surface area contributed by atoms with Gasteiger partial charge in [0.1, 0.15) is 0 Å². The van der Waals surface area contributed by atoms with Crippen LogP contribution in [-0.4, -0.2) is 32.2 Å². The minimum Gasteiger partial charge on any atom is -0.381 e. The summed E-state index contributed by atoms with van der Waals surface area (Å²) in [5.74, 6) is 0. The van der Waals surface area contributed by atoms with E-state index in [2.05, 4.69) is 5.18 Å².